The van der Waals surface area contributed by atoms with Gasteiger partial charge in [0.2, 0.25) is 0 Å². The van der Waals surface area contributed by atoms with Crippen LogP contribution in [0.5, 0.6) is 0 Å². The maximum Gasteiger partial charge on any atom is 0.343 e. The minimum atomic E-state index is -2.88. The average Bonchev–Trinajstić information content (AvgIpc) is 1.87. The summed E-state index contributed by atoms with van der Waals surface area (Å²) >= 11 is 0. The number of nitrogens with two attached hydrogens (primary N) is 1. The maximum atomic E-state index is 10.8. The molecular formula is C3H10NO3P. The van der Waals surface area contributed by atoms with Crippen LogP contribution in [0.4, 0.5) is 0 Å². The molecule has 0 radical (unpaired) electrons. The van der Waals surface area contributed by atoms with Crippen molar-refractivity contribution in [3.05, 3.63) is 0 Å². The Morgan fingerprint density at radius 3 is 1.88 bits per heavy atom. The van der Waals surface area contributed by atoms with Crippen molar-refractivity contribution in [1.29, 1.82) is 0 Å². The van der Waals surface area contributed by atoms with E-state index in [9.17, 15) is 4.57 Å². The monoisotopic (exact) mass is 139 g/mol. The van der Waals surface area contributed by atoms with E-state index in [1.807, 2.05) is 0 Å². The molecule has 2 N–H and O–H groups in total. The lowest BCUT2D eigenvalue weighted by atomic mass is 11.5. The third-order valence-electron chi connectivity index (χ3n) is 0.780. The molecule has 8 heavy (non-hydrogen) atoms. The first-order chi connectivity index (χ1) is 3.68. The van der Waals surface area contributed by atoms with E-state index in [0.717, 1.165) is 0 Å². The molecule has 4 nitrogen and oxygen atoms in total. The normalized spacial score (nSPS) is 11.9. The second kappa shape index (κ2) is 3.20. The van der Waals surface area contributed by atoms with Crippen LogP contribution < -0.4 is 5.73 Å². The van der Waals surface area contributed by atoms with E-state index in [4.69, 9.17) is 5.73 Å². The standard InChI is InChI=1S/C3H10NO3P/c1-6-8(5,3-4)7-2/h3-4H2,1-2H3. The van der Waals surface area contributed by atoms with Gasteiger partial charge in [0.15, 0.2) is 0 Å². The van der Waals surface area contributed by atoms with Gasteiger partial charge in [-0.15, -0.1) is 0 Å². The van der Waals surface area contributed by atoms with Gasteiger partial charge in [0.1, 0.15) is 0 Å². The van der Waals surface area contributed by atoms with Gasteiger partial charge < -0.3 is 14.8 Å². The molecule has 0 aromatic heterocycles. The summed E-state index contributed by atoms with van der Waals surface area (Å²) in [5.41, 5.74) is 5.01. The van der Waals surface area contributed by atoms with Gasteiger partial charge in [-0.25, -0.2) is 0 Å². The minimum absolute atomic E-state index is 0.0694. The van der Waals surface area contributed by atoms with Crippen LogP contribution in [0.1, 0.15) is 0 Å². The van der Waals surface area contributed by atoms with Gasteiger partial charge >= 0.3 is 7.60 Å². The molecule has 0 aromatic carbocycles. The maximum absolute atomic E-state index is 10.8. The molecule has 0 atom stereocenters. The molecule has 0 saturated heterocycles. The number of hydrogen-bond acceptors (Lipinski definition) is 4. The molecule has 5 heteroatoms. The predicted octanol–water partition coefficient (Wildman–Crippen LogP) is 0.388. The third kappa shape index (κ3) is 1.92. The summed E-state index contributed by atoms with van der Waals surface area (Å²) in [6.45, 7) is 0. The fraction of sp³-hybridized carbons (Fsp3) is 1.00. The summed E-state index contributed by atoms with van der Waals surface area (Å²) in [6.07, 6.45) is -0.0694. The molecule has 0 heterocycles. The van der Waals surface area contributed by atoms with Crippen LogP contribution in [0, 0.1) is 0 Å². The highest BCUT2D eigenvalue weighted by atomic mass is 31.2. The van der Waals surface area contributed by atoms with E-state index in [2.05, 4.69) is 9.05 Å². The highest BCUT2D eigenvalue weighted by Crippen LogP contribution is 2.43. The number of hydrogen-bond donors (Lipinski definition) is 1. The van der Waals surface area contributed by atoms with Crippen molar-refractivity contribution < 1.29 is 13.6 Å². The fourth-order valence-electron chi connectivity index (χ4n) is 0.224. The SMILES string of the molecule is COP(=O)(CN)OC. The second-order valence-corrected chi connectivity index (χ2v) is 3.48. The van der Waals surface area contributed by atoms with Crippen molar-refractivity contribution in [3.63, 3.8) is 0 Å². The first-order valence-corrected chi connectivity index (χ1v) is 3.82. The Morgan fingerprint density at radius 1 is 1.50 bits per heavy atom. The minimum Gasteiger partial charge on any atom is -0.320 e. The molecule has 0 saturated carbocycles. The highest BCUT2D eigenvalue weighted by Gasteiger charge is 2.16. The third-order valence-corrected chi connectivity index (χ3v) is 2.34. The Labute approximate surface area is 48.5 Å². The molecule has 0 aliphatic carbocycles. The lowest BCUT2D eigenvalue weighted by Crippen LogP contribution is -2.03. The Hall–Kier alpha value is 0.110. The summed E-state index contributed by atoms with van der Waals surface area (Å²) in [5.74, 6) is 0. The molecule has 0 aromatic rings. The molecule has 0 unspecified atom stereocenters. The number of rotatable bonds is 3. The highest BCUT2D eigenvalue weighted by molar-refractivity contribution is 7.53. The van der Waals surface area contributed by atoms with E-state index in [1.54, 1.807) is 0 Å². The van der Waals surface area contributed by atoms with E-state index < -0.39 is 7.60 Å². The van der Waals surface area contributed by atoms with Crippen LogP contribution in [0.25, 0.3) is 0 Å². The first kappa shape index (κ1) is 8.11. The van der Waals surface area contributed by atoms with Gasteiger partial charge in [-0.1, -0.05) is 0 Å². The lowest BCUT2D eigenvalue weighted by Gasteiger charge is -2.08. The van der Waals surface area contributed by atoms with Crippen LogP contribution >= 0.6 is 7.60 Å². The summed E-state index contributed by atoms with van der Waals surface area (Å²) in [4.78, 5) is 0. The first-order valence-electron chi connectivity index (χ1n) is 2.09. The molecule has 0 fully saturated rings. The zero-order chi connectivity index (χ0) is 6.62. The topological polar surface area (TPSA) is 61.5 Å². The van der Waals surface area contributed by atoms with Gasteiger partial charge in [-0.2, -0.15) is 0 Å². The van der Waals surface area contributed by atoms with Gasteiger partial charge in [0.05, 0.1) is 6.29 Å². The molecular weight excluding hydrogens is 129 g/mol. The van der Waals surface area contributed by atoms with Gasteiger partial charge in [0, 0.05) is 14.2 Å². The van der Waals surface area contributed by atoms with E-state index >= 15 is 0 Å². The van der Waals surface area contributed by atoms with Crippen LogP contribution in [-0.2, 0) is 13.6 Å². The van der Waals surface area contributed by atoms with Crippen molar-refractivity contribution in [2.75, 3.05) is 20.5 Å². The molecule has 0 spiro atoms. The zero-order valence-electron chi connectivity index (χ0n) is 4.96. The predicted molar refractivity (Wildman–Crippen MR) is 30.7 cm³/mol. The fourth-order valence-corrected chi connectivity index (χ4v) is 0.671. The summed E-state index contributed by atoms with van der Waals surface area (Å²) in [6, 6.07) is 0. The summed E-state index contributed by atoms with van der Waals surface area (Å²) in [7, 11) is -0.279. The Kier molecular flexibility index (Phi) is 3.24. The lowest BCUT2D eigenvalue weighted by molar-refractivity contribution is 0.276. The van der Waals surface area contributed by atoms with E-state index in [0.29, 0.717) is 0 Å². The van der Waals surface area contributed by atoms with Crippen molar-refractivity contribution in [3.8, 4) is 0 Å². The molecule has 0 aliphatic heterocycles. The second-order valence-electron chi connectivity index (χ2n) is 1.16. The average molecular weight is 139 g/mol. The van der Waals surface area contributed by atoms with Gasteiger partial charge in [-0.05, 0) is 0 Å². The Balaban J connectivity index is 3.79. The van der Waals surface area contributed by atoms with Crippen molar-refractivity contribution >= 4 is 7.60 Å². The van der Waals surface area contributed by atoms with E-state index in [-0.39, 0.29) is 6.29 Å². The van der Waals surface area contributed by atoms with Crippen molar-refractivity contribution in [1.82, 2.24) is 0 Å². The van der Waals surface area contributed by atoms with Gasteiger partial charge in [0.25, 0.3) is 0 Å². The Morgan fingerprint density at radius 2 is 1.88 bits per heavy atom. The van der Waals surface area contributed by atoms with Crippen LogP contribution in [0.2, 0.25) is 0 Å². The quantitative estimate of drug-likeness (QED) is 0.574. The largest absolute Gasteiger partial charge is 0.343 e. The summed E-state index contributed by atoms with van der Waals surface area (Å²) in [5, 5.41) is 0. The van der Waals surface area contributed by atoms with Gasteiger partial charge in [-0.3, -0.25) is 4.57 Å². The smallest absolute Gasteiger partial charge is 0.320 e. The molecule has 0 aliphatic rings. The molecule has 0 amide bonds. The Bertz CT molecular complexity index is 85.7. The molecule has 0 rings (SSSR count). The van der Waals surface area contributed by atoms with Crippen LogP contribution in [0.15, 0.2) is 0 Å². The van der Waals surface area contributed by atoms with Crippen molar-refractivity contribution in [2.24, 2.45) is 5.73 Å². The molecule has 0 bridgehead atoms. The van der Waals surface area contributed by atoms with Crippen LogP contribution in [0.3, 0.4) is 0 Å². The molecule has 50 valence electrons. The van der Waals surface area contributed by atoms with Crippen molar-refractivity contribution in [2.45, 2.75) is 0 Å². The van der Waals surface area contributed by atoms with Crippen LogP contribution in [-0.4, -0.2) is 20.5 Å². The summed E-state index contributed by atoms with van der Waals surface area (Å²) < 4.78 is 19.6. The van der Waals surface area contributed by atoms with E-state index in [1.165, 1.54) is 14.2 Å². The zero-order valence-corrected chi connectivity index (χ0v) is 5.85.